The number of hydrazine groups is 1. The molecule has 0 spiro atoms. The van der Waals surface area contributed by atoms with Gasteiger partial charge in [0.15, 0.2) is 0 Å². The number of hydrogen-bond acceptors (Lipinski definition) is 5. The van der Waals surface area contributed by atoms with Gasteiger partial charge in [0.05, 0.1) is 10.6 Å². The van der Waals surface area contributed by atoms with Gasteiger partial charge in [-0.25, -0.2) is 13.4 Å². The first-order valence-electron chi connectivity index (χ1n) is 10.8. The largest absolute Gasteiger partial charge is 0.336 e. The molecule has 3 amide bonds. The van der Waals surface area contributed by atoms with Crippen molar-refractivity contribution in [1.29, 1.82) is 0 Å². The topological polar surface area (TPSA) is 107 Å². The average molecular weight is 471 g/mol. The van der Waals surface area contributed by atoms with Gasteiger partial charge in [0, 0.05) is 44.6 Å². The maximum Gasteiger partial charge on any atom is 0.253 e. The molecule has 2 saturated heterocycles. The predicted octanol–water partition coefficient (Wildman–Crippen LogP) is 1.61. The Kier molecular flexibility index (Phi) is 6.22. The third-order valence-corrected chi connectivity index (χ3v) is 7.96. The lowest BCUT2D eigenvalue weighted by atomic mass is 10.1. The Morgan fingerprint density at radius 1 is 0.879 bits per heavy atom. The molecule has 2 aliphatic heterocycles. The monoisotopic (exact) mass is 470 g/mol. The number of nitrogens with zero attached hydrogens (tertiary/aromatic N) is 3. The molecule has 0 saturated carbocycles. The molecule has 0 radical (unpaired) electrons. The summed E-state index contributed by atoms with van der Waals surface area (Å²) in [6.45, 7) is 4.81. The van der Waals surface area contributed by atoms with Gasteiger partial charge in [-0.2, -0.15) is 4.31 Å². The molecule has 2 aromatic rings. The molecule has 2 aliphatic rings. The summed E-state index contributed by atoms with van der Waals surface area (Å²) in [6.07, 6.45) is 0.305. The lowest BCUT2D eigenvalue weighted by Gasteiger charge is -2.34. The number of hydrogen-bond donors (Lipinski definition) is 1. The zero-order chi connectivity index (χ0) is 23.8. The molecule has 0 bridgehead atoms. The lowest BCUT2D eigenvalue weighted by molar-refractivity contribution is -0.130. The molecule has 4 rings (SSSR count). The van der Waals surface area contributed by atoms with Crippen LogP contribution in [0, 0.1) is 13.8 Å². The Morgan fingerprint density at radius 3 is 2.18 bits per heavy atom. The van der Waals surface area contributed by atoms with E-state index in [1.165, 1.54) is 9.31 Å². The van der Waals surface area contributed by atoms with Crippen LogP contribution in [0.3, 0.4) is 0 Å². The summed E-state index contributed by atoms with van der Waals surface area (Å²) in [5.41, 5.74) is 5.38. The van der Waals surface area contributed by atoms with Gasteiger partial charge in [-0.1, -0.05) is 6.07 Å². The second kappa shape index (κ2) is 8.95. The Morgan fingerprint density at radius 2 is 1.55 bits per heavy atom. The van der Waals surface area contributed by atoms with E-state index in [1.807, 2.05) is 13.8 Å². The number of rotatable bonds is 4. The number of carbonyl (C=O) groups excluding carboxylic acids is 3. The molecular formula is C23H26N4O5S. The molecule has 9 nitrogen and oxygen atoms in total. The highest BCUT2D eigenvalue weighted by Crippen LogP contribution is 2.22. The zero-order valence-electron chi connectivity index (χ0n) is 18.6. The van der Waals surface area contributed by atoms with E-state index < -0.39 is 10.0 Å². The van der Waals surface area contributed by atoms with Crippen molar-refractivity contribution in [2.75, 3.05) is 31.2 Å². The van der Waals surface area contributed by atoms with E-state index in [2.05, 4.69) is 5.43 Å². The van der Waals surface area contributed by atoms with Crippen molar-refractivity contribution in [3.05, 3.63) is 59.2 Å². The number of carbonyl (C=O) groups is 3. The molecule has 0 unspecified atom stereocenters. The number of sulfonamides is 1. The molecule has 10 heteroatoms. The molecule has 2 aromatic carbocycles. The minimum absolute atomic E-state index is 0.141. The van der Waals surface area contributed by atoms with Gasteiger partial charge in [0.1, 0.15) is 0 Å². The SMILES string of the molecule is Cc1ccc(S(=O)(=O)N2CCN(C(=O)c3ccc(N4NC(=O)CCC4=O)cc3)CC2)cc1C. The summed E-state index contributed by atoms with van der Waals surface area (Å²) < 4.78 is 27.4. The molecule has 33 heavy (non-hydrogen) atoms. The molecular weight excluding hydrogens is 444 g/mol. The highest BCUT2D eigenvalue weighted by Gasteiger charge is 2.31. The fourth-order valence-electron chi connectivity index (χ4n) is 3.87. The number of aryl methyl sites for hydroxylation is 2. The minimum Gasteiger partial charge on any atom is -0.336 e. The van der Waals surface area contributed by atoms with E-state index in [0.717, 1.165) is 11.1 Å². The molecule has 2 heterocycles. The van der Waals surface area contributed by atoms with E-state index in [1.54, 1.807) is 47.4 Å². The maximum absolute atomic E-state index is 13.0. The second-order valence-electron chi connectivity index (χ2n) is 8.25. The number of anilines is 1. The Hall–Kier alpha value is -3.24. The summed E-state index contributed by atoms with van der Waals surface area (Å²) in [6, 6.07) is 11.5. The van der Waals surface area contributed by atoms with Gasteiger partial charge in [-0.3, -0.25) is 19.8 Å². The van der Waals surface area contributed by atoms with Crippen LogP contribution in [0.25, 0.3) is 0 Å². The summed E-state index contributed by atoms with van der Waals surface area (Å²) in [7, 11) is -3.62. The quantitative estimate of drug-likeness (QED) is 0.731. The molecule has 0 aromatic heterocycles. The van der Waals surface area contributed by atoms with Crippen molar-refractivity contribution in [2.45, 2.75) is 31.6 Å². The fraction of sp³-hybridized carbons (Fsp3) is 0.348. The third-order valence-electron chi connectivity index (χ3n) is 6.07. The highest BCUT2D eigenvalue weighted by molar-refractivity contribution is 7.89. The number of amides is 3. The lowest BCUT2D eigenvalue weighted by Crippen LogP contribution is -2.51. The van der Waals surface area contributed by atoms with Crippen LogP contribution in [0.1, 0.15) is 34.3 Å². The van der Waals surface area contributed by atoms with Crippen molar-refractivity contribution in [2.24, 2.45) is 0 Å². The van der Waals surface area contributed by atoms with Crippen molar-refractivity contribution in [1.82, 2.24) is 14.6 Å². The van der Waals surface area contributed by atoms with Crippen LogP contribution in [0.15, 0.2) is 47.4 Å². The first kappa shape index (κ1) is 22.9. The Balaban J connectivity index is 1.40. The number of nitrogens with one attached hydrogen (secondary N) is 1. The summed E-state index contributed by atoms with van der Waals surface area (Å²) in [5, 5.41) is 1.19. The van der Waals surface area contributed by atoms with Gasteiger partial charge in [-0.15, -0.1) is 0 Å². The summed E-state index contributed by atoms with van der Waals surface area (Å²) >= 11 is 0. The van der Waals surface area contributed by atoms with Crippen molar-refractivity contribution in [3.63, 3.8) is 0 Å². The first-order valence-corrected chi connectivity index (χ1v) is 12.2. The number of benzene rings is 2. The van der Waals surface area contributed by atoms with Gasteiger partial charge in [-0.05, 0) is 61.4 Å². The van der Waals surface area contributed by atoms with Gasteiger partial charge >= 0.3 is 0 Å². The van der Waals surface area contributed by atoms with Crippen LogP contribution in [-0.4, -0.2) is 61.5 Å². The first-order chi connectivity index (χ1) is 15.7. The average Bonchev–Trinajstić information content (AvgIpc) is 2.82. The normalized spacial score (nSPS) is 17.8. The maximum atomic E-state index is 13.0. The van der Waals surface area contributed by atoms with Gasteiger partial charge in [0.2, 0.25) is 21.8 Å². The van der Waals surface area contributed by atoms with E-state index in [-0.39, 0.29) is 61.6 Å². The predicted molar refractivity (Wildman–Crippen MR) is 122 cm³/mol. The Bertz CT molecular complexity index is 1200. The van der Waals surface area contributed by atoms with E-state index in [9.17, 15) is 22.8 Å². The number of piperazine rings is 1. The van der Waals surface area contributed by atoms with Crippen LogP contribution in [0.2, 0.25) is 0 Å². The molecule has 0 aliphatic carbocycles. The molecule has 2 fully saturated rings. The van der Waals surface area contributed by atoms with Crippen molar-refractivity contribution >= 4 is 33.4 Å². The van der Waals surface area contributed by atoms with Crippen molar-refractivity contribution in [3.8, 4) is 0 Å². The minimum atomic E-state index is -3.62. The van der Waals surface area contributed by atoms with Crippen LogP contribution >= 0.6 is 0 Å². The van der Waals surface area contributed by atoms with Crippen LogP contribution in [0.5, 0.6) is 0 Å². The van der Waals surface area contributed by atoms with E-state index >= 15 is 0 Å². The van der Waals surface area contributed by atoms with Crippen molar-refractivity contribution < 1.29 is 22.8 Å². The second-order valence-corrected chi connectivity index (χ2v) is 10.2. The summed E-state index contributed by atoms with van der Waals surface area (Å²) in [5.74, 6) is -0.656. The standard InChI is InChI=1S/C23H26N4O5S/c1-16-3-8-20(15-17(16)2)33(31,32)26-13-11-25(12-14-26)23(30)18-4-6-19(7-5-18)27-22(29)10-9-21(28)24-27/h3-8,15H,9-14H2,1-2H3,(H,24,28). The smallest absolute Gasteiger partial charge is 0.253 e. The zero-order valence-corrected chi connectivity index (χ0v) is 19.4. The van der Waals surface area contributed by atoms with E-state index in [4.69, 9.17) is 0 Å². The van der Waals surface area contributed by atoms with Crippen LogP contribution in [-0.2, 0) is 19.6 Å². The fourth-order valence-corrected chi connectivity index (χ4v) is 5.38. The van der Waals surface area contributed by atoms with Gasteiger partial charge in [0.25, 0.3) is 5.91 Å². The molecule has 174 valence electrons. The molecule has 0 atom stereocenters. The third kappa shape index (κ3) is 4.62. The highest BCUT2D eigenvalue weighted by atomic mass is 32.2. The van der Waals surface area contributed by atoms with Crippen LogP contribution in [0.4, 0.5) is 5.69 Å². The molecule has 1 N–H and O–H groups in total. The van der Waals surface area contributed by atoms with Gasteiger partial charge < -0.3 is 4.90 Å². The Labute approximate surface area is 193 Å². The summed E-state index contributed by atoms with van der Waals surface area (Å²) in [4.78, 5) is 38.4. The van der Waals surface area contributed by atoms with E-state index in [0.29, 0.717) is 11.3 Å². The van der Waals surface area contributed by atoms with Crippen LogP contribution < -0.4 is 10.4 Å².